The topological polar surface area (TPSA) is 29.1 Å². The monoisotopic (exact) mass is 449 g/mol. The average molecular weight is 449 g/mol. The van der Waals surface area contributed by atoms with Crippen LogP contribution < -0.4 is 5.32 Å². The van der Waals surface area contributed by atoms with Gasteiger partial charge < -0.3 is 5.32 Å². The van der Waals surface area contributed by atoms with Gasteiger partial charge in [-0.2, -0.15) is 0 Å². The van der Waals surface area contributed by atoms with Gasteiger partial charge in [-0.05, 0) is 47.2 Å². The van der Waals surface area contributed by atoms with Crippen molar-refractivity contribution in [2.24, 2.45) is 0 Å². The highest BCUT2D eigenvalue weighted by atomic mass is 127. The predicted molar refractivity (Wildman–Crippen MR) is 80.0 cm³/mol. The minimum absolute atomic E-state index is 0.0573. The molecule has 5 heteroatoms. The average Bonchev–Trinajstić information content (AvgIpc) is 2.22. The van der Waals surface area contributed by atoms with E-state index < -0.39 is 0 Å². The molecule has 0 bridgehead atoms. The second-order valence-electron chi connectivity index (χ2n) is 2.93. The fourth-order valence-corrected chi connectivity index (χ4v) is 1.91. The first-order chi connectivity index (χ1) is 7.15. The van der Waals surface area contributed by atoms with Gasteiger partial charge in [-0.3, -0.25) is 4.79 Å². The van der Waals surface area contributed by atoms with E-state index in [0.717, 1.165) is 14.4 Å². The van der Waals surface area contributed by atoms with E-state index in [0.29, 0.717) is 17.1 Å². The van der Waals surface area contributed by atoms with Crippen LogP contribution in [0.1, 0.15) is 16.8 Å². The van der Waals surface area contributed by atoms with Crippen molar-refractivity contribution in [1.82, 2.24) is 5.32 Å². The zero-order valence-electron chi connectivity index (χ0n) is 7.90. The molecule has 0 radical (unpaired) electrons. The van der Waals surface area contributed by atoms with Crippen LogP contribution in [0.15, 0.2) is 18.2 Å². The number of hydrogen-bond acceptors (Lipinski definition) is 1. The largest absolute Gasteiger partial charge is 0.352 e. The Hall–Kier alpha value is 0.440. The van der Waals surface area contributed by atoms with Gasteiger partial charge in [0.25, 0.3) is 5.91 Å². The van der Waals surface area contributed by atoms with Crippen molar-refractivity contribution in [3.63, 3.8) is 0 Å². The van der Waals surface area contributed by atoms with Gasteiger partial charge >= 0.3 is 0 Å². The Morgan fingerprint density at radius 2 is 2.20 bits per heavy atom. The van der Waals surface area contributed by atoms with E-state index in [1.165, 1.54) is 0 Å². The number of hydrogen-bond donors (Lipinski definition) is 1. The zero-order valence-corrected chi connectivity index (χ0v) is 13.0. The summed E-state index contributed by atoms with van der Waals surface area (Å²) in [6.07, 6.45) is 0.990. The van der Waals surface area contributed by atoms with Gasteiger partial charge in [0.2, 0.25) is 0 Å². The number of alkyl halides is 1. The van der Waals surface area contributed by atoms with E-state index in [1.54, 1.807) is 12.1 Å². The lowest BCUT2D eigenvalue weighted by Gasteiger charge is -2.04. The van der Waals surface area contributed by atoms with Crippen LogP contribution in [0.2, 0.25) is 5.02 Å². The smallest absolute Gasteiger partial charge is 0.251 e. The van der Waals surface area contributed by atoms with E-state index in [4.69, 9.17) is 11.6 Å². The Morgan fingerprint density at radius 1 is 1.47 bits per heavy atom. The summed E-state index contributed by atoms with van der Waals surface area (Å²) in [5.41, 5.74) is 0.619. The molecule has 82 valence electrons. The Labute approximate surface area is 121 Å². The van der Waals surface area contributed by atoms with Crippen LogP contribution in [0.25, 0.3) is 0 Å². The maximum atomic E-state index is 11.6. The second-order valence-corrected chi connectivity index (χ2v) is 5.58. The maximum absolute atomic E-state index is 11.6. The molecule has 0 fully saturated rings. The van der Waals surface area contributed by atoms with E-state index in [9.17, 15) is 4.79 Å². The maximum Gasteiger partial charge on any atom is 0.251 e. The van der Waals surface area contributed by atoms with E-state index in [2.05, 4.69) is 50.5 Å². The van der Waals surface area contributed by atoms with Gasteiger partial charge in [0.15, 0.2) is 0 Å². The van der Waals surface area contributed by atoms with Crippen molar-refractivity contribution < 1.29 is 4.79 Å². The summed E-state index contributed by atoms with van der Waals surface area (Å²) in [7, 11) is 0. The number of carbonyl (C=O) groups excluding carboxylic acids is 1. The summed E-state index contributed by atoms with van der Waals surface area (Å²) in [4.78, 5) is 11.6. The molecule has 0 aliphatic rings. The molecule has 0 unspecified atom stereocenters. The molecule has 1 aromatic rings. The van der Waals surface area contributed by atoms with Crippen LogP contribution in [-0.2, 0) is 0 Å². The van der Waals surface area contributed by atoms with E-state index >= 15 is 0 Å². The fourth-order valence-electron chi connectivity index (χ4n) is 1.01. The lowest BCUT2D eigenvalue weighted by atomic mass is 10.2. The van der Waals surface area contributed by atoms with E-state index in [1.807, 2.05) is 6.07 Å². The number of amides is 1. The van der Waals surface area contributed by atoms with Crippen LogP contribution >= 0.6 is 56.8 Å². The normalized spacial score (nSPS) is 10.1. The summed E-state index contributed by atoms with van der Waals surface area (Å²) < 4.78 is 2.00. The van der Waals surface area contributed by atoms with Crippen molar-refractivity contribution in [1.29, 1.82) is 0 Å². The Morgan fingerprint density at radius 3 is 2.80 bits per heavy atom. The summed E-state index contributed by atoms with van der Waals surface area (Å²) in [5.74, 6) is -0.0573. The first-order valence-corrected chi connectivity index (χ1v) is 7.42. The number of halogens is 3. The quantitative estimate of drug-likeness (QED) is 0.426. The molecule has 1 aromatic carbocycles. The van der Waals surface area contributed by atoms with Crippen molar-refractivity contribution in [3.8, 4) is 0 Å². The Bertz CT molecular complexity index is 357. The summed E-state index contributed by atoms with van der Waals surface area (Å²) >= 11 is 10.4. The second kappa shape index (κ2) is 6.90. The highest BCUT2D eigenvalue weighted by Gasteiger charge is 2.06. The summed E-state index contributed by atoms with van der Waals surface area (Å²) in [6, 6.07) is 5.33. The lowest BCUT2D eigenvalue weighted by molar-refractivity contribution is 0.0954. The lowest BCUT2D eigenvalue weighted by Crippen LogP contribution is -2.24. The summed E-state index contributed by atoms with van der Waals surface area (Å²) in [5, 5.41) is 3.46. The van der Waals surface area contributed by atoms with Gasteiger partial charge in [-0.15, -0.1) is 0 Å². The van der Waals surface area contributed by atoms with Gasteiger partial charge in [0, 0.05) is 20.1 Å². The van der Waals surface area contributed by atoms with Crippen LogP contribution in [0, 0.1) is 3.57 Å². The minimum Gasteiger partial charge on any atom is -0.352 e. The van der Waals surface area contributed by atoms with Crippen molar-refractivity contribution in [2.75, 3.05) is 11.0 Å². The molecule has 0 aliphatic heterocycles. The van der Waals surface area contributed by atoms with E-state index in [-0.39, 0.29) is 5.91 Å². The molecule has 1 N–H and O–H groups in total. The van der Waals surface area contributed by atoms with Crippen LogP contribution in [-0.4, -0.2) is 16.9 Å². The molecule has 15 heavy (non-hydrogen) atoms. The number of carbonyl (C=O) groups is 1. The fraction of sp³-hybridized carbons (Fsp3) is 0.300. The molecule has 0 heterocycles. The standard InChI is InChI=1S/C10H10ClI2NO/c11-8-6-7(2-3-9(8)13)10(15)14-5-1-4-12/h2-3,6H,1,4-5H2,(H,14,15). The molecule has 2 nitrogen and oxygen atoms in total. The number of benzene rings is 1. The number of nitrogens with one attached hydrogen (secondary N) is 1. The van der Waals surface area contributed by atoms with Crippen LogP contribution in [0.4, 0.5) is 0 Å². The molecule has 0 aromatic heterocycles. The summed E-state index contributed by atoms with van der Waals surface area (Å²) in [6.45, 7) is 0.714. The molecule has 0 atom stereocenters. The first-order valence-electron chi connectivity index (χ1n) is 4.44. The third-order valence-electron chi connectivity index (χ3n) is 1.78. The zero-order chi connectivity index (χ0) is 11.3. The van der Waals surface area contributed by atoms with Crippen LogP contribution in [0.3, 0.4) is 0 Å². The number of rotatable bonds is 4. The van der Waals surface area contributed by atoms with Gasteiger partial charge in [0.05, 0.1) is 5.02 Å². The Kier molecular flexibility index (Phi) is 6.21. The predicted octanol–water partition coefficient (Wildman–Crippen LogP) is 3.50. The van der Waals surface area contributed by atoms with Gasteiger partial charge in [0.1, 0.15) is 0 Å². The Balaban J connectivity index is 2.62. The molecule has 1 rings (SSSR count). The molecule has 0 spiro atoms. The molecule has 0 aliphatic carbocycles. The van der Waals surface area contributed by atoms with Gasteiger partial charge in [-0.1, -0.05) is 34.2 Å². The van der Waals surface area contributed by atoms with Crippen molar-refractivity contribution in [2.45, 2.75) is 6.42 Å². The first kappa shape index (κ1) is 13.5. The third kappa shape index (κ3) is 4.44. The minimum atomic E-state index is -0.0573. The molecule has 1 amide bonds. The molecule has 0 saturated heterocycles. The van der Waals surface area contributed by atoms with Crippen molar-refractivity contribution >= 4 is 62.7 Å². The molecule has 0 saturated carbocycles. The van der Waals surface area contributed by atoms with Gasteiger partial charge in [-0.25, -0.2) is 0 Å². The highest BCUT2D eigenvalue weighted by molar-refractivity contribution is 14.1. The SMILES string of the molecule is O=C(NCCCI)c1ccc(I)c(Cl)c1. The third-order valence-corrected chi connectivity index (χ3v) is 4.11. The molecular weight excluding hydrogens is 439 g/mol. The highest BCUT2D eigenvalue weighted by Crippen LogP contribution is 2.19. The van der Waals surface area contributed by atoms with Crippen LogP contribution in [0.5, 0.6) is 0 Å². The van der Waals surface area contributed by atoms with Crippen molar-refractivity contribution in [3.05, 3.63) is 32.4 Å². The molecular formula is C10H10ClI2NO.